The molecule has 19 heavy (non-hydrogen) atoms. The van der Waals surface area contributed by atoms with E-state index in [2.05, 4.69) is 9.97 Å². The minimum Gasteiger partial charge on any atom is -0.478 e. The van der Waals surface area contributed by atoms with Gasteiger partial charge >= 0.3 is 5.97 Å². The number of rotatable bonds is 3. The number of aromatic carboxylic acids is 1. The Morgan fingerprint density at radius 2 is 2.16 bits per heavy atom. The number of carbonyl (C=O) groups is 1. The van der Waals surface area contributed by atoms with Crippen molar-refractivity contribution in [2.24, 2.45) is 0 Å². The van der Waals surface area contributed by atoms with Gasteiger partial charge in [0.25, 0.3) is 0 Å². The maximum Gasteiger partial charge on any atom is 0.335 e. The third-order valence-corrected chi connectivity index (χ3v) is 2.35. The molecule has 1 aromatic heterocycles. The molecule has 0 fully saturated rings. The predicted molar refractivity (Wildman–Crippen MR) is 69.1 cm³/mol. The van der Waals surface area contributed by atoms with E-state index in [1.807, 2.05) is 6.07 Å². The van der Waals surface area contributed by atoms with Crippen LogP contribution in [0.3, 0.4) is 0 Å². The number of hydrogen-bond acceptors (Lipinski definition) is 4. The molecule has 0 aliphatic rings. The molecule has 0 aliphatic heterocycles. The molecule has 0 radical (unpaired) electrons. The van der Waals surface area contributed by atoms with Crippen LogP contribution in [-0.2, 0) is 0 Å². The third-order valence-electron chi connectivity index (χ3n) is 2.35. The predicted octanol–water partition coefficient (Wildman–Crippen LogP) is 2.22. The van der Waals surface area contributed by atoms with Crippen molar-refractivity contribution in [2.45, 2.75) is 0 Å². The largest absolute Gasteiger partial charge is 0.478 e. The van der Waals surface area contributed by atoms with Crippen molar-refractivity contribution in [1.82, 2.24) is 9.97 Å². The Hall–Kier alpha value is -3.00. The molecule has 1 N–H and O–H groups in total. The molecule has 0 saturated carbocycles. The highest BCUT2D eigenvalue weighted by molar-refractivity contribution is 5.88. The standard InChI is InChI=1S/C14H9N3O2/c15-9-12-6-7-16-13(17-12)5-4-10-2-1-3-11(8-10)14(18)19/h1-8H,(H,18,19)/b5-4+. The summed E-state index contributed by atoms with van der Waals surface area (Å²) in [6.45, 7) is 0. The van der Waals surface area contributed by atoms with Crippen LogP contribution in [0.25, 0.3) is 12.2 Å². The van der Waals surface area contributed by atoms with Gasteiger partial charge in [-0.05, 0) is 29.8 Å². The van der Waals surface area contributed by atoms with Gasteiger partial charge in [0.05, 0.1) is 5.56 Å². The Balaban J connectivity index is 2.25. The third kappa shape index (κ3) is 3.23. The van der Waals surface area contributed by atoms with Gasteiger partial charge in [0.1, 0.15) is 11.8 Å². The molecule has 5 heteroatoms. The van der Waals surface area contributed by atoms with Crippen molar-refractivity contribution in [3.8, 4) is 6.07 Å². The van der Waals surface area contributed by atoms with Crippen molar-refractivity contribution in [3.05, 3.63) is 59.2 Å². The highest BCUT2D eigenvalue weighted by atomic mass is 16.4. The fourth-order valence-corrected chi connectivity index (χ4v) is 1.46. The van der Waals surface area contributed by atoms with Gasteiger partial charge in [-0.25, -0.2) is 14.8 Å². The summed E-state index contributed by atoms with van der Waals surface area (Å²) in [4.78, 5) is 18.8. The quantitative estimate of drug-likeness (QED) is 0.903. The average Bonchev–Trinajstić information content (AvgIpc) is 2.45. The fourth-order valence-electron chi connectivity index (χ4n) is 1.46. The molecule has 0 saturated heterocycles. The second-order valence-corrected chi connectivity index (χ2v) is 3.68. The molecule has 1 aromatic carbocycles. The van der Waals surface area contributed by atoms with E-state index >= 15 is 0 Å². The number of nitrogens with zero attached hydrogens (tertiary/aromatic N) is 3. The number of carboxylic acids is 1. The number of benzene rings is 1. The van der Waals surface area contributed by atoms with E-state index in [4.69, 9.17) is 10.4 Å². The van der Waals surface area contributed by atoms with Crippen LogP contribution < -0.4 is 0 Å². The number of nitriles is 1. The summed E-state index contributed by atoms with van der Waals surface area (Å²) in [5, 5.41) is 17.6. The molecule has 0 unspecified atom stereocenters. The van der Waals surface area contributed by atoms with Crippen LogP contribution in [0.4, 0.5) is 0 Å². The van der Waals surface area contributed by atoms with Crippen LogP contribution in [0.15, 0.2) is 36.5 Å². The number of aromatic nitrogens is 2. The van der Waals surface area contributed by atoms with Crippen LogP contribution in [0, 0.1) is 11.3 Å². The van der Waals surface area contributed by atoms with Crippen molar-refractivity contribution in [1.29, 1.82) is 5.26 Å². The molecule has 0 bridgehead atoms. The smallest absolute Gasteiger partial charge is 0.335 e. The van der Waals surface area contributed by atoms with Crippen molar-refractivity contribution < 1.29 is 9.90 Å². The highest BCUT2D eigenvalue weighted by Gasteiger charge is 2.01. The Morgan fingerprint density at radius 3 is 2.89 bits per heavy atom. The maximum atomic E-state index is 10.8. The van der Waals surface area contributed by atoms with Crippen LogP contribution >= 0.6 is 0 Å². The van der Waals surface area contributed by atoms with Crippen LogP contribution in [-0.4, -0.2) is 21.0 Å². The summed E-state index contributed by atoms with van der Waals surface area (Å²) in [5.41, 5.74) is 1.23. The zero-order chi connectivity index (χ0) is 13.7. The van der Waals surface area contributed by atoms with E-state index in [0.717, 1.165) is 5.56 Å². The first-order valence-electron chi connectivity index (χ1n) is 5.43. The second kappa shape index (κ2) is 5.56. The van der Waals surface area contributed by atoms with E-state index in [1.165, 1.54) is 18.3 Å². The lowest BCUT2D eigenvalue weighted by molar-refractivity contribution is 0.0697. The van der Waals surface area contributed by atoms with Crippen molar-refractivity contribution in [3.63, 3.8) is 0 Å². The molecule has 2 rings (SSSR count). The van der Waals surface area contributed by atoms with Gasteiger partial charge in [-0.15, -0.1) is 0 Å². The molecule has 0 spiro atoms. The summed E-state index contributed by atoms with van der Waals surface area (Å²) < 4.78 is 0. The summed E-state index contributed by atoms with van der Waals surface area (Å²) in [7, 11) is 0. The van der Waals surface area contributed by atoms with Crippen molar-refractivity contribution in [2.75, 3.05) is 0 Å². The molecule has 92 valence electrons. The Morgan fingerprint density at radius 1 is 1.32 bits per heavy atom. The molecule has 2 aromatic rings. The Labute approximate surface area is 109 Å². The topological polar surface area (TPSA) is 86.9 Å². The highest BCUT2D eigenvalue weighted by Crippen LogP contribution is 2.09. The van der Waals surface area contributed by atoms with Crippen LogP contribution in [0.2, 0.25) is 0 Å². The molecule has 1 heterocycles. The van der Waals surface area contributed by atoms with Crippen LogP contribution in [0.5, 0.6) is 0 Å². The molecule has 5 nitrogen and oxygen atoms in total. The summed E-state index contributed by atoms with van der Waals surface area (Å²) >= 11 is 0. The lowest BCUT2D eigenvalue weighted by Gasteiger charge is -1.97. The molecular formula is C14H9N3O2. The van der Waals surface area contributed by atoms with Gasteiger partial charge in [0.2, 0.25) is 0 Å². The number of hydrogen-bond donors (Lipinski definition) is 1. The first-order valence-corrected chi connectivity index (χ1v) is 5.43. The normalized spacial score (nSPS) is 10.3. The van der Waals surface area contributed by atoms with Gasteiger partial charge in [-0.1, -0.05) is 18.2 Å². The van der Waals surface area contributed by atoms with Crippen molar-refractivity contribution >= 4 is 18.1 Å². The zero-order valence-corrected chi connectivity index (χ0v) is 9.82. The molecule has 0 aliphatic carbocycles. The Bertz CT molecular complexity index is 687. The van der Waals surface area contributed by atoms with E-state index in [-0.39, 0.29) is 11.3 Å². The van der Waals surface area contributed by atoms with E-state index in [9.17, 15) is 4.79 Å². The number of carboxylic acid groups (broad SMARTS) is 1. The lowest BCUT2D eigenvalue weighted by Crippen LogP contribution is -1.95. The fraction of sp³-hybridized carbons (Fsp3) is 0. The minimum absolute atomic E-state index is 0.217. The minimum atomic E-state index is -0.974. The maximum absolute atomic E-state index is 10.8. The first-order chi connectivity index (χ1) is 9.19. The lowest BCUT2D eigenvalue weighted by atomic mass is 10.1. The van der Waals surface area contributed by atoms with E-state index in [0.29, 0.717) is 5.82 Å². The molecular weight excluding hydrogens is 242 g/mol. The monoisotopic (exact) mass is 251 g/mol. The zero-order valence-electron chi connectivity index (χ0n) is 9.82. The van der Waals surface area contributed by atoms with Gasteiger partial charge < -0.3 is 5.11 Å². The van der Waals surface area contributed by atoms with Crippen LogP contribution in [0.1, 0.15) is 27.4 Å². The van der Waals surface area contributed by atoms with E-state index in [1.54, 1.807) is 30.4 Å². The Kier molecular flexibility index (Phi) is 3.64. The summed E-state index contributed by atoms with van der Waals surface area (Å²) in [6, 6.07) is 9.95. The SMILES string of the molecule is N#Cc1ccnc(/C=C/c2cccc(C(=O)O)c2)n1. The van der Waals surface area contributed by atoms with Gasteiger partial charge in [-0.2, -0.15) is 5.26 Å². The van der Waals surface area contributed by atoms with Gasteiger partial charge in [0.15, 0.2) is 5.82 Å². The summed E-state index contributed by atoms with van der Waals surface area (Å²) in [5.74, 6) is -0.572. The molecule has 0 amide bonds. The van der Waals surface area contributed by atoms with Gasteiger partial charge in [-0.3, -0.25) is 0 Å². The van der Waals surface area contributed by atoms with E-state index < -0.39 is 5.97 Å². The second-order valence-electron chi connectivity index (χ2n) is 3.68. The van der Waals surface area contributed by atoms with Gasteiger partial charge in [0, 0.05) is 6.20 Å². The first kappa shape index (κ1) is 12.5. The summed E-state index contributed by atoms with van der Waals surface area (Å²) in [6.07, 6.45) is 4.82. The molecule has 0 atom stereocenters. The average molecular weight is 251 g/mol.